The number of aromatic nitrogens is 2. The molecule has 0 atom stereocenters. The lowest BCUT2D eigenvalue weighted by Gasteiger charge is -2.36. The number of benzene rings is 2. The highest BCUT2D eigenvalue weighted by Crippen LogP contribution is 2.39. The maximum atomic E-state index is 13.3. The molecule has 3 fully saturated rings. The average Bonchev–Trinajstić information content (AvgIpc) is 3.41. The van der Waals surface area contributed by atoms with E-state index < -0.39 is 0 Å². The number of nitrogens with zero attached hydrogens (tertiary/aromatic N) is 5. The summed E-state index contributed by atoms with van der Waals surface area (Å²) in [6, 6.07) is 13.7. The summed E-state index contributed by atoms with van der Waals surface area (Å²) in [5.41, 5.74) is 3.56. The van der Waals surface area contributed by atoms with E-state index >= 15 is 0 Å². The highest BCUT2D eigenvalue weighted by Gasteiger charge is 2.30. The largest absolute Gasteiger partial charge is 0.448 e. The van der Waals surface area contributed by atoms with Crippen molar-refractivity contribution in [1.82, 2.24) is 20.2 Å². The fraction of sp³-hybridized carbons (Fsp3) is 0.406. The van der Waals surface area contributed by atoms with Crippen LogP contribution in [-0.4, -0.2) is 78.4 Å². The van der Waals surface area contributed by atoms with Crippen molar-refractivity contribution in [2.75, 3.05) is 60.9 Å². The van der Waals surface area contributed by atoms with E-state index in [0.29, 0.717) is 81.2 Å². The van der Waals surface area contributed by atoms with Crippen LogP contribution in [-0.2, 0) is 4.79 Å². The Hall–Kier alpha value is -4.87. The summed E-state index contributed by atoms with van der Waals surface area (Å²) in [7, 11) is 0. The number of amides is 3. The van der Waals surface area contributed by atoms with Crippen LogP contribution >= 0.6 is 0 Å². The highest BCUT2D eigenvalue weighted by atomic mass is 16.4. The van der Waals surface area contributed by atoms with Gasteiger partial charge in [0.1, 0.15) is 11.8 Å². The van der Waals surface area contributed by atoms with Crippen molar-refractivity contribution in [2.45, 2.75) is 38.0 Å². The summed E-state index contributed by atoms with van der Waals surface area (Å²) < 4.78 is 11.5. The zero-order chi connectivity index (χ0) is 30.0. The zero-order valence-electron chi connectivity index (χ0n) is 24.5. The molecule has 0 unspecified atom stereocenters. The zero-order valence-corrected chi connectivity index (χ0v) is 24.5. The van der Waals surface area contributed by atoms with Crippen LogP contribution in [0.4, 0.5) is 17.4 Å². The van der Waals surface area contributed by atoms with Crippen LogP contribution in [0, 0.1) is 0 Å². The summed E-state index contributed by atoms with van der Waals surface area (Å²) in [5, 5.41) is 5.94. The van der Waals surface area contributed by atoms with Gasteiger partial charge in [-0.05, 0) is 56.0 Å². The Bertz CT molecular complexity index is 1650. The van der Waals surface area contributed by atoms with Crippen LogP contribution in [0.2, 0.25) is 0 Å². The second kappa shape index (κ2) is 12.0. The average molecular weight is 598 g/mol. The van der Waals surface area contributed by atoms with Gasteiger partial charge in [0, 0.05) is 63.7 Å². The molecule has 228 valence electrons. The number of hydrogen-bond acceptors (Lipinski definition) is 9. The van der Waals surface area contributed by atoms with E-state index in [9.17, 15) is 14.4 Å². The lowest BCUT2D eigenvalue weighted by Crippen LogP contribution is -2.47. The number of carbonyl (C=O) groups excluding carboxylic acids is 3. The Morgan fingerprint density at radius 2 is 1.77 bits per heavy atom. The summed E-state index contributed by atoms with van der Waals surface area (Å²) >= 11 is 0. The van der Waals surface area contributed by atoms with E-state index in [0.717, 1.165) is 42.6 Å². The summed E-state index contributed by atoms with van der Waals surface area (Å²) in [6.45, 7) is 4.55. The number of likely N-dealkylation sites (tertiary alicyclic amines) is 1. The third-order valence-corrected chi connectivity index (χ3v) is 8.42. The smallest absolute Gasteiger partial charge is 0.298 e. The summed E-state index contributed by atoms with van der Waals surface area (Å²) in [4.78, 5) is 53.4. The minimum Gasteiger partial charge on any atom is -0.448 e. The number of rotatable bonds is 10. The molecule has 0 radical (unpaired) electrons. The van der Waals surface area contributed by atoms with Gasteiger partial charge < -0.3 is 34.2 Å². The number of fused-ring (bicyclic) bond motifs is 1. The normalized spacial score (nSPS) is 17.0. The van der Waals surface area contributed by atoms with Gasteiger partial charge in [-0.15, -0.1) is 0 Å². The van der Waals surface area contributed by atoms with Crippen molar-refractivity contribution in [3.05, 3.63) is 65.9 Å². The molecule has 2 aromatic heterocycles. The van der Waals surface area contributed by atoms with Crippen molar-refractivity contribution in [3.63, 3.8) is 0 Å². The SMILES string of the molecule is O=C(NCCCN1CCCC1=O)c1ccc(N2CCN(c3nc4ccccc4o3)CC2)c(NC(=O)c2coc(C3CC3)n2)c1. The lowest BCUT2D eigenvalue weighted by atomic mass is 10.1. The topological polar surface area (TPSA) is 137 Å². The van der Waals surface area contributed by atoms with Gasteiger partial charge in [-0.3, -0.25) is 14.4 Å². The Labute approximate surface area is 254 Å². The fourth-order valence-corrected chi connectivity index (χ4v) is 5.80. The van der Waals surface area contributed by atoms with Gasteiger partial charge in [0.15, 0.2) is 17.2 Å². The van der Waals surface area contributed by atoms with Gasteiger partial charge in [-0.2, -0.15) is 4.98 Å². The van der Waals surface area contributed by atoms with Crippen molar-refractivity contribution in [2.24, 2.45) is 0 Å². The number of anilines is 3. The monoisotopic (exact) mass is 597 g/mol. The molecule has 12 nitrogen and oxygen atoms in total. The van der Waals surface area contributed by atoms with Crippen LogP contribution in [0.5, 0.6) is 0 Å². The van der Waals surface area contributed by atoms with E-state index in [1.165, 1.54) is 6.26 Å². The molecular formula is C32H35N7O5. The highest BCUT2D eigenvalue weighted by molar-refractivity contribution is 6.06. The van der Waals surface area contributed by atoms with Gasteiger partial charge in [0.05, 0.1) is 11.4 Å². The molecule has 7 rings (SSSR count). The van der Waals surface area contributed by atoms with E-state index in [1.54, 1.807) is 12.1 Å². The Balaban J connectivity index is 1.05. The van der Waals surface area contributed by atoms with Crippen LogP contribution < -0.4 is 20.4 Å². The number of nitrogens with one attached hydrogen (secondary N) is 2. The number of para-hydroxylation sites is 2. The van der Waals surface area contributed by atoms with Crippen LogP contribution in [0.1, 0.15) is 64.8 Å². The third-order valence-electron chi connectivity index (χ3n) is 8.42. The molecule has 12 heteroatoms. The van der Waals surface area contributed by atoms with Crippen LogP contribution in [0.3, 0.4) is 0 Å². The minimum absolute atomic E-state index is 0.179. The fourth-order valence-electron chi connectivity index (χ4n) is 5.80. The van der Waals surface area contributed by atoms with E-state index in [-0.39, 0.29) is 23.4 Å². The van der Waals surface area contributed by atoms with Crippen molar-refractivity contribution < 1.29 is 23.2 Å². The molecule has 1 saturated carbocycles. The predicted molar refractivity (Wildman–Crippen MR) is 164 cm³/mol. The molecule has 2 N–H and O–H groups in total. The molecule has 3 amide bonds. The van der Waals surface area contributed by atoms with Crippen LogP contribution in [0.25, 0.3) is 11.1 Å². The maximum Gasteiger partial charge on any atom is 0.298 e. The van der Waals surface area contributed by atoms with Gasteiger partial charge >= 0.3 is 0 Å². The van der Waals surface area contributed by atoms with Gasteiger partial charge in [0.2, 0.25) is 5.91 Å². The van der Waals surface area contributed by atoms with Crippen molar-refractivity contribution in [3.8, 4) is 0 Å². The molecule has 2 saturated heterocycles. The molecule has 3 aliphatic rings. The first-order valence-electron chi connectivity index (χ1n) is 15.3. The first-order chi connectivity index (χ1) is 21.5. The quantitative estimate of drug-likeness (QED) is 0.260. The minimum atomic E-state index is -0.389. The second-order valence-corrected chi connectivity index (χ2v) is 11.6. The first-order valence-corrected chi connectivity index (χ1v) is 15.3. The number of oxazole rings is 2. The van der Waals surface area contributed by atoms with Crippen molar-refractivity contribution >= 4 is 46.2 Å². The Morgan fingerprint density at radius 1 is 0.955 bits per heavy atom. The van der Waals surface area contributed by atoms with E-state index in [4.69, 9.17) is 8.83 Å². The molecule has 2 aliphatic heterocycles. The summed E-state index contributed by atoms with van der Waals surface area (Å²) in [5.74, 6) is 0.436. The molecule has 2 aromatic carbocycles. The maximum absolute atomic E-state index is 13.3. The number of piperazine rings is 1. The van der Waals surface area contributed by atoms with Crippen LogP contribution in [0.15, 0.2) is 57.6 Å². The lowest BCUT2D eigenvalue weighted by molar-refractivity contribution is -0.127. The molecule has 4 heterocycles. The number of hydrogen-bond donors (Lipinski definition) is 2. The van der Waals surface area contributed by atoms with Crippen molar-refractivity contribution in [1.29, 1.82) is 0 Å². The predicted octanol–water partition coefficient (Wildman–Crippen LogP) is 4.01. The third kappa shape index (κ3) is 5.97. The Morgan fingerprint density at radius 3 is 2.55 bits per heavy atom. The number of carbonyl (C=O) groups is 3. The van der Waals surface area contributed by atoms with Gasteiger partial charge in [-0.1, -0.05) is 12.1 Å². The molecule has 0 spiro atoms. The first kappa shape index (κ1) is 27.9. The molecule has 44 heavy (non-hydrogen) atoms. The molecule has 0 bridgehead atoms. The molecular weight excluding hydrogens is 562 g/mol. The molecule has 4 aromatic rings. The van der Waals surface area contributed by atoms with E-state index in [2.05, 4.69) is 30.4 Å². The molecule has 1 aliphatic carbocycles. The standard InChI is InChI=1S/C32H35N7O5/c40-28-7-3-13-38(28)14-4-12-33-29(41)22-10-11-26(24(19-22)34-30(42)25-20-43-31(35-25)21-8-9-21)37-15-17-39(18-16-37)32-36-23-5-1-2-6-27(23)44-32/h1-2,5-6,10-11,19-21H,3-4,7-9,12-18H2,(H,33,41)(H,34,42). The van der Waals surface area contributed by atoms with Gasteiger partial charge in [-0.25, -0.2) is 4.98 Å². The van der Waals surface area contributed by atoms with E-state index in [1.807, 2.05) is 35.2 Å². The Kier molecular flexibility index (Phi) is 7.63. The summed E-state index contributed by atoms with van der Waals surface area (Å²) in [6.07, 6.45) is 5.62. The van der Waals surface area contributed by atoms with Gasteiger partial charge in [0.25, 0.3) is 17.8 Å². The second-order valence-electron chi connectivity index (χ2n) is 11.6.